The maximum atomic E-state index is 11.3. The molecule has 0 saturated heterocycles. The second kappa shape index (κ2) is 5.52. The van der Waals surface area contributed by atoms with E-state index in [1.807, 2.05) is 60.7 Å². The number of benzene rings is 2. The predicted molar refractivity (Wildman–Crippen MR) is 77.4 cm³/mol. The van der Waals surface area contributed by atoms with E-state index in [1.165, 1.54) is 0 Å². The first-order valence-corrected chi connectivity index (χ1v) is 6.65. The molecule has 0 unspecified atom stereocenters. The van der Waals surface area contributed by atoms with Gasteiger partial charge in [0.15, 0.2) is 11.4 Å². The molecule has 0 fully saturated rings. The third-order valence-corrected chi connectivity index (χ3v) is 3.46. The van der Waals surface area contributed by atoms with E-state index in [4.69, 9.17) is 9.63 Å². The van der Waals surface area contributed by atoms with Crippen LogP contribution in [0.25, 0.3) is 0 Å². The van der Waals surface area contributed by atoms with Crippen LogP contribution in [0.3, 0.4) is 0 Å². The molecule has 0 aliphatic carbocycles. The summed E-state index contributed by atoms with van der Waals surface area (Å²) in [6, 6.07) is 20.1. The predicted octanol–water partition coefficient (Wildman–Crippen LogP) is 2.45. The standard InChI is InChI=1S/C17H15NO3/c19-12-15-11-16(21-18-15)17(20,13-7-3-1-4-8-13)14-9-5-2-6-10-14/h1-11,19-20H,12H2. The fourth-order valence-corrected chi connectivity index (χ4v) is 2.37. The van der Waals surface area contributed by atoms with E-state index in [9.17, 15) is 5.11 Å². The third kappa shape index (κ3) is 2.35. The topological polar surface area (TPSA) is 66.5 Å². The summed E-state index contributed by atoms with van der Waals surface area (Å²) < 4.78 is 5.27. The monoisotopic (exact) mass is 281 g/mol. The van der Waals surface area contributed by atoms with Gasteiger partial charge in [0.25, 0.3) is 0 Å². The van der Waals surface area contributed by atoms with Gasteiger partial charge < -0.3 is 14.7 Å². The zero-order valence-corrected chi connectivity index (χ0v) is 11.3. The van der Waals surface area contributed by atoms with E-state index in [-0.39, 0.29) is 12.4 Å². The van der Waals surface area contributed by atoms with Crippen LogP contribution in [0.4, 0.5) is 0 Å². The van der Waals surface area contributed by atoms with Gasteiger partial charge in [-0.15, -0.1) is 0 Å². The van der Waals surface area contributed by atoms with Gasteiger partial charge in [0.05, 0.1) is 6.61 Å². The highest BCUT2D eigenvalue weighted by atomic mass is 16.5. The Morgan fingerprint density at radius 2 is 1.43 bits per heavy atom. The highest BCUT2D eigenvalue weighted by Crippen LogP contribution is 2.36. The van der Waals surface area contributed by atoms with Gasteiger partial charge in [-0.25, -0.2) is 0 Å². The highest BCUT2D eigenvalue weighted by Gasteiger charge is 2.37. The van der Waals surface area contributed by atoms with Crippen molar-refractivity contribution in [1.29, 1.82) is 0 Å². The molecule has 3 rings (SSSR count). The highest BCUT2D eigenvalue weighted by molar-refractivity contribution is 5.43. The Kier molecular flexibility index (Phi) is 3.56. The molecule has 2 N–H and O–H groups in total. The summed E-state index contributed by atoms with van der Waals surface area (Å²) >= 11 is 0. The Morgan fingerprint density at radius 3 is 1.86 bits per heavy atom. The van der Waals surface area contributed by atoms with Gasteiger partial charge in [-0.3, -0.25) is 0 Å². The lowest BCUT2D eigenvalue weighted by molar-refractivity contribution is 0.0905. The van der Waals surface area contributed by atoms with Crippen molar-refractivity contribution in [3.63, 3.8) is 0 Å². The Morgan fingerprint density at radius 1 is 0.905 bits per heavy atom. The quantitative estimate of drug-likeness (QED) is 0.771. The number of rotatable bonds is 4. The van der Waals surface area contributed by atoms with Crippen LogP contribution in [-0.2, 0) is 12.2 Å². The number of hydrogen-bond donors (Lipinski definition) is 2. The van der Waals surface area contributed by atoms with Gasteiger partial charge >= 0.3 is 0 Å². The first-order valence-electron chi connectivity index (χ1n) is 6.65. The molecule has 106 valence electrons. The molecule has 0 aliphatic heterocycles. The molecule has 0 radical (unpaired) electrons. The van der Waals surface area contributed by atoms with Crippen molar-refractivity contribution >= 4 is 0 Å². The summed E-state index contributed by atoms with van der Waals surface area (Å²) in [5, 5.41) is 24.2. The number of nitrogens with zero attached hydrogens (tertiary/aromatic N) is 1. The SMILES string of the molecule is OCc1cc(C(O)(c2ccccc2)c2ccccc2)on1. The molecule has 2 aromatic carbocycles. The fraction of sp³-hybridized carbons (Fsp3) is 0.118. The molecule has 0 saturated carbocycles. The average molecular weight is 281 g/mol. The molecule has 0 amide bonds. The third-order valence-electron chi connectivity index (χ3n) is 3.46. The van der Waals surface area contributed by atoms with E-state index in [0.29, 0.717) is 16.8 Å². The summed E-state index contributed by atoms with van der Waals surface area (Å²) in [5.41, 5.74) is 0.298. The van der Waals surface area contributed by atoms with Crippen molar-refractivity contribution in [2.45, 2.75) is 12.2 Å². The van der Waals surface area contributed by atoms with Gasteiger partial charge in [-0.2, -0.15) is 0 Å². The lowest BCUT2D eigenvalue weighted by Crippen LogP contribution is -2.28. The van der Waals surface area contributed by atoms with E-state index in [0.717, 1.165) is 0 Å². The van der Waals surface area contributed by atoms with Crippen molar-refractivity contribution in [3.8, 4) is 0 Å². The Bertz CT molecular complexity index is 668. The maximum absolute atomic E-state index is 11.3. The molecule has 4 heteroatoms. The summed E-state index contributed by atoms with van der Waals surface area (Å²) in [6.45, 7) is -0.233. The maximum Gasteiger partial charge on any atom is 0.177 e. The van der Waals surface area contributed by atoms with E-state index < -0.39 is 5.60 Å². The molecule has 0 spiro atoms. The largest absolute Gasteiger partial charge is 0.390 e. The number of aliphatic hydroxyl groups is 2. The van der Waals surface area contributed by atoms with Gasteiger partial charge in [-0.1, -0.05) is 65.8 Å². The minimum Gasteiger partial charge on any atom is -0.390 e. The Labute approximate surface area is 122 Å². The molecule has 0 atom stereocenters. The molecule has 1 aromatic heterocycles. The van der Waals surface area contributed by atoms with Crippen LogP contribution in [0.2, 0.25) is 0 Å². The van der Waals surface area contributed by atoms with Crippen molar-refractivity contribution in [2.24, 2.45) is 0 Å². The number of aliphatic hydroxyl groups excluding tert-OH is 1. The van der Waals surface area contributed by atoms with E-state index >= 15 is 0 Å². The second-order valence-electron chi connectivity index (χ2n) is 4.78. The van der Waals surface area contributed by atoms with Gasteiger partial charge in [0.2, 0.25) is 0 Å². The summed E-state index contributed by atoms with van der Waals surface area (Å²) in [6.07, 6.45) is 0. The lowest BCUT2D eigenvalue weighted by Gasteiger charge is -2.26. The van der Waals surface area contributed by atoms with Crippen LogP contribution < -0.4 is 0 Å². The van der Waals surface area contributed by atoms with Crippen molar-refractivity contribution in [3.05, 3.63) is 89.3 Å². The lowest BCUT2D eigenvalue weighted by atomic mass is 9.84. The minimum atomic E-state index is -1.44. The number of aromatic nitrogens is 1. The van der Waals surface area contributed by atoms with Crippen LogP contribution in [0.1, 0.15) is 22.6 Å². The van der Waals surface area contributed by atoms with E-state index in [2.05, 4.69) is 5.16 Å². The van der Waals surface area contributed by atoms with Crippen molar-refractivity contribution in [2.75, 3.05) is 0 Å². The molecular weight excluding hydrogens is 266 g/mol. The normalized spacial score (nSPS) is 11.5. The molecule has 3 aromatic rings. The Hall–Kier alpha value is -2.43. The second-order valence-corrected chi connectivity index (χ2v) is 4.78. The average Bonchev–Trinajstić information content (AvgIpc) is 3.05. The van der Waals surface area contributed by atoms with Crippen molar-refractivity contribution < 1.29 is 14.7 Å². The molecule has 0 bridgehead atoms. The first-order chi connectivity index (χ1) is 10.2. The van der Waals surface area contributed by atoms with Crippen LogP contribution in [0, 0.1) is 0 Å². The summed E-state index contributed by atoms with van der Waals surface area (Å²) in [5.74, 6) is 0.281. The van der Waals surface area contributed by atoms with Crippen LogP contribution in [-0.4, -0.2) is 15.4 Å². The summed E-state index contributed by atoms with van der Waals surface area (Å²) in [4.78, 5) is 0. The fourth-order valence-electron chi connectivity index (χ4n) is 2.37. The molecule has 4 nitrogen and oxygen atoms in total. The summed E-state index contributed by atoms with van der Waals surface area (Å²) in [7, 11) is 0. The first kappa shape index (κ1) is 13.5. The van der Waals surface area contributed by atoms with E-state index in [1.54, 1.807) is 6.07 Å². The minimum absolute atomic E-state index is 0.233. The zero-order valence-electron chi connectivity index (χ0n) is 11.3. The Balaban J connectivity index is 2.20. The smallest absolute Gasteiger partial charge is 0.177 e. The van der Waals surface area contributed by atoms with Gasteiger partial charge in [-0.05, 0) is 11.1 Å². The van der Waals surface area contributed by atoms with Crippen LogP contribution >= 0.6 is 0 Å². The van der Waals surface area contributed by atoms with Crippen LogP contribution in [0.15, 0.2) is 71.3 Å². The van der Waals surface area contributed by atoms with Crippen LogP contribution in [0.5, 0.6) is 0 Å². The van der Waals surface area contributed by atoms with Gasteiger partial charge in [0.1, 0.15) is 5.69 Å². The number of hydrogen-bond acceptors (Lipinski definition) is 4. The molecule has 0 aliphatic rings. The zero-order chi connectivity index (χ0) is 14.7. The molecule has 1 heterocycles. The van der Waals surface area contributed by atoms with Crippen molar-refractivity contribution in [1.82, 2.24) is 5.16 Å². The molecule has 21 heavy (non-hydrogen) atoms. The molecular formula is C17H15NO3. The van der Waals surface area contributed by atoms with Gasteiger partial charge in [0, 0.05) is 6.07 Å².